The third kappa shape index (κ3) is 4.01. The molecule has 1 aromatic carbocycles. The zero-order chi connectivity index (χ0) is 17.0. The third-order valence-electron chi connectivity index (χ3n) is 3.71. The fourth-order valence-electron chi connectivity index (χ4n) is 2.49. The molecule has 0 amide bonds. The number of benzene rings is 1. The van der Waals surface area contributed by atoms with Gasteiger partial charge in [0.25, 0.3) is 10.0 Å². The van der Waals surface area contributed by atoms with Crippen molar-refractivity contribution in [2.75, 3.05) is 22.7 Å². The van der Waals surface area contributed by atoms with Crippen molar-refractivity contribution in [3.8, 4) is 0 Å². The van der Waals surface area contributed by atoms with Gasteiger partial charge < -0.3 is 4.90 Å². The molecule has 23 heavy (non-hydrogen) atoms. The maximum absolute atomic E-state index is 12.5. The van der Waals surface area contributed by atoms with E-state index in [4.69, 9.17) is 0 Å². The zero-order valence-corrected chi connectivity index (χ0v) is 14.8. The van der Waals surface area contributed by atoms with Gasteiger partial charge in [-0.05, 0) is 51.5 Å². The molecule has 1 N–H and O–H groups in total. The highest BCUT2D eigenvalue weighted by molar-refractivity contribution is 7.92. The lowest BCUT2D eigenvalue weighted by Crippen LogP contribution is -2.23. The van der Waals surface area contributed by atoms with Crippen molar-refractivity contribution in [1.82, 2.24) is 4.98 Å². The molecular weight excluding hydrogens is 310 g/mol. The molecule has 1 aromatic heterocycles. The fraction of sp³-hybridized carbons (Fsp3) is 0.353. The van der Waals surface area contributed by atoms with Crippen LogP contribution in [0, 0.1) is 13.8 Å². The van der Waals surface area contributed by atoms with E-state index in [0.717, 1.165) is 30.0 Å². The van der Waals surface area contributed by atoms with Gasteiger partial charge in [-0.25, -0.2) is 13.4 Å². The summed E-state index contributed by atoms with van der Waals surface area (Å²) < 4.78 is 27.6. The molecule has 0 saturated carbocycles. The largest absolute Gasteiger partial charge is 0.357 e. The summed E-state index contributed by atoms with van der Waals surface area (Å²) >= 11 is 0. The third-order valence-corrected chi connectivity index (χ3v) is 5.25. The second kappa shape index (κ2) is 7.00. The van der Waals surface area contributed by atoms with E-state index in [2.05, 4.69) is 28.5 Å². The number of nitrogens with one attached hydrogen (secondary N) is 1. The number of hydrogen-bond donors (Lipinski definition) is 1. The molecule has 1 heterocycles. The van der Waals surface area contributed by atoms with Gasteiger partial charge in [-0.15, -0.1) is 0 Å². The van der Waals surface area contributed by atoms with Crippen LogP contribution < -0.4 is 9.62 Å². The first kappa shape index (κ1) is 17.3. The summed E-state index contributed by atoms with van der Waals surface area (Å²) in [7, 11) is -3.61. The molecule has 6 heteroatoms. The van der Waals surface area contributed by atoms with Crippen molar-refractivity contribution in [2.45, 2.75) is 32.6 Å². The maximum Gasteiger partial charge on any atom is 0.262 e. The molecule has 0 fully saturated rings. The Morgan fingerprint density at radius 3 is 2.30 bits per heavy atom. The maximum atomic E-state index is 12.5. The molecule has 2 rings (SSSR count). The number of anilines is 2. The number of aryl methyl sites for hydroxylation is 2. The number of hydrogen-bond acceptors (Lipinski definition) is 4. The van der Waals surface area contributed by atoms with Crippen LogP contribution in [0.1, 0.15) is 25.0 Å². The van der Waals surface area contributed by atoms with Crippen LogP contribution in [0.25, 0.3) is 0 Å². The van der Waals surface area contributed by atoms with Crippen molar-refractivity contribution < 1.29 is 8.42 Å². The van der Waals surface area contributed by atoms with Crippen LogP contribution in [0.15, 0.2) is 41.4 Å². The number of rotatable bonds is 6. The molecule has 0 aliphatic rings. The molecule has 0 aliphatic heterocycles. The summed E-state index contributed by atoms with van der Waals surface area (Å²) in [5.74, 6) is 0.837. The Morgan fingerprint density at radius 1 is 1.09 bits per heavy atom. The smallest absolute Gasteiger partial charge is 0.262 e. The topological polar surface area (TPSA) is 62.3 Å². The highest BCUT2D eigenvalue weighted by Gasteiger charge is 2.17. The fourth-order valence-corrected chi connectivity index (χ4v) is 3.76. The van der Waals surface area contributed by atoms with Crippen LogP contribution in [0.4, 0.5) is 11.5 Å². The monoisotopic (exact) mass is 333 g/mol. The summed E-state index contributed by atoms with van der Waals surface area (Å²) in [6.45, 7) is 9.56. The normalized spacial score (nSPS) is 11.3. The zero-order valence-electron chi connectivity index (χ0n) is 14.0. The Labute approximate surface area is 138 Å². The molecular formula is C17H23N3O2S. The van der Waals surface area contributed by atoms with E-state index < -0.39 is 10.0 Å². The van der Waals surface area contributed by atoms with Gasteiger partial charge >= 0.3 is 0 Å². The Balaban J connectivity index is 2.24. The van der Waals surface area contributed by atoms with Crippen LogP contribution in [0.2, 0.25) is 0 Å². The molecule has 0 spiro atoms. The lowest BCUT2D eigenvalue weighted by molar-refractivity contribution is 0.600. The Hall–Kier alpha value is -2.08. The second-order valence-corrected chi connectivity index (χ2v) is 7.10. The van der Waals surface area contributed by atoms with Crippen molar-refractivity contribution in [3.05, 3.63) is 47.7 Å². The Kier molecular flexibility index (Phi) is 5.26. The average molecular weight is 333 g/mol. The minimum Gasteiger partial charge on any atom is -0.357 e. The van der Waals surface area contributed by atoms with Gasteiger partial charge in [-0.1, -0.05) is 17.7 Å². The van der Waals surface area contributed by atoms with E-state index in [1.165, 1.54) is 0 Å². The van der Waals surface area contributed by atoms with Crippen LogP contribution in [-0.4, -0.2) is 26.5 Å². The van der Waals surface area contributed by atoms with E-state index in [1.807, 2.05) is 19.1 Å². The molecule has 0 saturated heterocycles. The first-order chi connectivity index (χ1) is 10.9. The minimum atomic E-state index is -3.61. The van der Waals surface area contributed by atoms with Gasteiger partial charge in [0.15, 0.2) is 0 Å². The number of pyridine rings is 1. The van der Waals surface area contributed by atoms with Crippen molar-refractivity contribution in [3.63, 3.8) is 0 Å². The summed E-state index contributed by atoms with van der Waals surface area (Å²) in [5, 5.41) is 0. The van der Waals surface area contributed by atoms with E-state index in [9.17, 15) is 8.42 Å². The minimum absolute atomic E-state index is 0.288. The molecule has 0 unspecified atom stereocenters. The lowest BCUT2D eigenvalue weighted by atomic mass is 10.2. The Morgan fingerprint density at radius 2 is 1.78 bits per heavy atom. The summed E-state index contributed by atoms with van der Waals surface area (Å²) in [6, 6.07) is 8.85. The Bertz CT molecular complexity index is 767. The number of sulfonamides is 1. The molecule has 124 valence electrons. The van der Waals surface area contributed by atoms with Gasteiger partial charge in [0.05, 0.1) is 16.8 Å². The summed E-state index contributed by atoms with van der Waals surface area (Å²) in [6.07, 6.45) is 1.55. The number of aromatic nitrogens is 1. The van der Waals surface area contributed by atoms with E-state index in [1.54, 1.807) is 31.3 Å². The van der Waals surface area contributed by atoms with Crippen molar-refractivity contribution in [2.24, 2.45) is 0 Å². The second-order valence-electron chi connectivity index (χ2n) is 5.45. The van der Waals surface area contributed by atoms with Gasteiger partial charge in [0.1, 0.15) is 5.82 Å². The first-order valence-electron chi connectivity index (χ1n) is 7.68. The predicted octanol–water partition coefficient (Wildman–Crippen LogP) is 3.35. The molecule has 5 nitrogen and oxygen atoms in total. The van der Waals surface area contributed by atoms with E-state index in [0.29, 0.717) is 5.69 Å². The SMILES string of the molecule is CCN(CC)c1ccc(NS(=O)(=O)c2ccc(C)cc2C)cn1. The molecule has 0 aliphatic carbocycles. The number of nitrogens with zero attached hydrogens (tertiary/aromatic N) is 2. The summed E-state index contributed by atoms with van der Waals surface area (Å²) in [5.41, 5.74) is 2.22. The van der Waals surface area contributed by atoms with Gasteiger partial charge in [-0.2, -0.15) is 0 Å². The van der Waals surface area contributed by atoms with Gasteiger partial charge in [0, 0.05) is 13.1 Å². The van der Waals surface area contributed by atoms with Crippen LogP contribution >= 0.6 is 0 Å². The quantitative estimate of drug-likeness (QED) is 0.880. The molecule has 0 bridgehead atoms. The molecule has 0 atom stereocenters. The highest BCUT2D eigenvalue weighted by atomic mass is 32.2. The lowest BCUT2D eigenvalue weighted by Gasteiger charge is -2.19. The molecule has 2 aromatic rings. The van der Waals surface area contributed by atoms with Crippen molar-refractivity contribution in [1.29, 1.82) is 0 Å². The molecule has 0 radical (unpaired) electrons. The first-order valence-corrected chi connectivity index (χ1v) is 9.16. The predicted molar refractivity (Wildman–Crippen MR) is 94.5 cm³/mol. The highest BCUT2D eigenvalue weighted by Crippen LogP contribution is 2.21. The van der Waals surface area contributed by atoms with Crippen molar-refractivity contribution >= 4 is 21.5 Å². The standard InChI is InChI=1S/C17H23N3O2S/c1-5-20(6-2)17-10-8-15(12-18-17)19-23(21,22)16-9-7-13(3)11-14(16)4/h7-12,19H,5-6H2,1-4H3. The van der Waals surface area contributed by atoms with Gasteiger partial charge in [0.2, 0.25) is 0 Å². The van der Waals surface area contributed by atoms with E-state index in [-0.39, 0.29) is 4.90 Å². The van der Waals surface area contributed by atoms with E-state index >= 15 is 0 Å². The van der Waals surface area contributed by atoms with Crippen LogP contribution in [0.3, 0.4) is 0 Å². The van der Waals surface area contributed by atoms with Crippen LogP contribution in [-0.2, 0) is 10.0 Å². The van der Waals surface area contributed by atoms with Crippen LogP contribution in [0.5, 0.6) is 0 Å². The summed E-state index contributed by atoms with van der Waals surface area (Å²) in [4.78, 5) is 6.72. The van der Waals surface area contributed by atoms with Gasteiger partial charge in [-0.3, -0.25) is 4.72 Å². The average Bonchev–Trinajstić information content (AvgIpc) is 2.49.